The van der Waals surface area contributed by atoms with Gasteiger partial charge in [0.05, 0.1) is 27.4 Å². The first kappa shape index (κ1) is 22.5. The second-order valence-electron chi connectivity index (χ2n) is 7.23. The van der Waals surface area contributed by atoms with Crippen LogP contribution in [0.2, 0.25) is 0 Å². The van der Waals surface area contributed by atoms with Gasteiger partial charge in [-0.1, -0.05) is 18.2 Å². The normalized spacial score (nSPS) is 22.6. The maximum Gasteiger partial charge on any atom is 0.251 e. The summed E-state index contributed by atoms with van der Waals surface area (Å²) >= 11 is 0. The van der Waals surface area contributed by atoms with Gasteiger partial charge in [-0.25, -0.2) is 0 Å². The standard InChI is InChI=1S/C22H26N2O7/c1-29-16-9-8-15(10-17(16)30-2)21(27)23-11-18-19(25)22(28,13-31-18)12-24-20(26)14-6-4-3-5-7-14/h3-10,18-19,25,28H,11-13H2,1-2H3,(H,23,27)(H,24,26)/t18?,19-,22+/m1/s1. The maximum atomic E-state index is 12.4. The number of hydrogen-bond donors (Lipinski definition) is 4. The second-order valence-corrected chi connectivity index (χ2v) is 7.23. The van der Waals surface area contributed by atoms with Crippen molar-refractivity contribution in [1.82, 2.24) is 10.6 Å². The van der Waals surface area contributed by atoms with Gasteiger partial charge in [0.25, 0.3) is 11.8 Å². The third-order valence-corrected chi connectivity index (χ3v) is 5.15. The molecular weight excluding hydrogens is 404 g/mol. The third-order valence-electron chi connectivity index (χ3n) is 5.15. The number of nitrogens with one attached hydrogen (secondary N) is 2. The van der Waals surface area contributed by atoms with Crippen LogP contribution in [0, 0.1) is 0 Å². The largest absolute Gasteiger partial charge is 0.493 e. The highest BCUT2D eigenvalue weighted by atomic mass is 16.5. The van der Waals surface area contributed by atoms with Crippen LogP contribution in [0.25, 0.3) is 0 Å². The summed E-state index contributed by atoms with van der Waals surface area (Å²) in [5, 5.41) is 26.5. The van der Waals surface area contributed by atoms with E-state index in [0.717, 1.165) is 0 Å². The number of aliphatic hydroxyl groups excluding tert-OH is 1. The van der Waals surface area contributed by atoms with Crippen molar-refractivity contribution in [2.45, 2.75) is 17.8 Å². The fourth-order valence-electron chi connectivity index (χ4n) is 3.30. The van der Waals surface area contributed by atoms with Crippen LogP contribution in [0.4, 0.5) is 0 Å². The molecule has 2 aromatic carbocycles. The topological polar surface area (TPSA) is 126 Å². The van der Waals surface area contributed by atoms with Crippen molar-refractivity contribution in [3.05, 3.63) is 59.7 Å². The van der Waals surface area contributed by atoms with Gasteiger partial charge in [0, 0.05) is 17.7 Å². The minimum absolute atomic E-state index is 0.0245. The fourth-order valence-corrected chi connectivity index (χ4v) is 3.30. The molecule has 1 saturated heterocycles. The van der Waals surface area contributed by atoms with Crippen molar-refractivity contribution >= 4 is 11.8 Å². The van der Waals surface area contributed by atoms with Gasteiger partial charge in [0.15, 0.2) is 11.5 Å². The number of aliphatic hydroxyl groups is 2. The summed E-state index contributed by atoms with van der Waals surface area (Å²) < 4.78 is 15.8. The SMILES string of the molecule is COc1ccc(C(=O)NCC2OC[C@@](O)(CNC(=O)c3ccccc3)[C@@H]2O)cc1OC. The molecule has 1 unspecified atom stereocenters. The van der Waals surface area contributed by atoms with Crippen molar-refractivity contribution in [3.8, 4) is 11.5 Å². The van der Waals surface area contributed by atoms with E-state index in [1.165, 1.54) is 20.3 Å². The van der Waals surface area contributed by atoms with E-state index in [4.69, 9.17) is 14.2 Å². The average Bonchev–Trinajstić information content (AvgIpc) is 3.09. The Kier molecular flexibility index (Phi) is 7.11. The van der Waals surface area contributed by atoms with E-state index >= 15 is 0 Å². The molecule has 0 aromatic heterocycles. The lowest BCUT2D eigenvalue weighted by Crippen LogP contribution is -2.53. The first-order valence-corrected chi connectivity index (χ1v) is 9.73. The van der Waals surface area contributed by atoms with Crippen LogP contribution in [-0.2, 0) is 4.74 Å². The Bertz CT molecular complexity index is 921. The van der Waals surface area contributed by atoms with Crippen molar-refractivity contribution in [2.75, 3.05) is 33.9 Å². The number of amides is 2. The molecule has 2 amide bonds. The Morgan fingerprint density at radius 3 is 2.39 bits per heavy atom. The van der Waals surface area contributed by atoms with Crippen LogP contribution in [0.1, 0.15) is 20.7 Å². The number of rotatable bonds is 8. The quantitative estimate of drug-likeness (QED) is 0.476. The highest BCUT2D eigenvalue weighted by Gasteiger charge is 2.48. The monoisotopic (exact) mass is 430 g/mol. The Morgan fingerprint density at radius 1 is 1.03 bits per heavy atom. The third kappa shape index (κ3) is 5.13. The lowest BCUT2D eigenvalue weighted by molar-refractivity contribution is -0.0464. The van der Waals surface area contributed by atoms with Gasteiger partial charge < -0.3 is 35.1 Å². The van der Waals surface area contributed by atoms with Crippen molar-refractivity contribution in [1.29, 1.82) is 0 Å². The smallest absolute Gasteiger partial charge is 0.251 e. The average molecular weight is 430 g/mol. The number of carbonyl (C=O) groups is 2. The maximum absolute atomic E-state index is 12.4. The van der Waals surface area contributed by atoms with Gasteiger partial charge in [-0.15, -0.1) is 0 Å². The van der Waals surface area contributed by atoms with E-state index in [-0.39, 0.29) is 25.6 Å². The number of benzene rings is 2. The van der Waals surface area contributed by atoms with Gasteiger partial charge in [-0.3, -0.25) is 9.59 Å². The van der Waals surface area contributed by atoms with Crippen molar-refractivity contribution in [2.24, 2.45) is 0 Å². The van der Waals surface area contributed by atoms with Crippen LogP contribution < -0.4 is 20.1 Å². The van der Waals surface area contributed by atoms with Crippen LogP contribution in [-0.4, -0.2) is 73.8 Å². The van der Waals surface area contributed by atoms with Gasteiger partial charge in [-0.05, 0) is 30.3 Å². The summed E-state index contributed by atoms with van der Waals surface area (Å²) in [6, 6.07) is 13.3. The van der Waals surface area contributed by atoms with E-state index in [1.807, 2.05) is 0 Å². The second kappa shape index (κ2) is 9.78. The molecule has 166 valence electrons. The van der Waals surface area contributed by atoms with E-state index in [1.54, 1.807) is 42.5 Å². The highest BCUT2D eigenvalue weighted by Crippen LogP contribution is 2.28. The predicted molar refractivity (Wildman–Crippen MR) is 111 cm³/mol. The van der Waals surface area contributed by atoms with Crippen LogP contribution >= 0.6 is 0 Å². The number of methoxy groups -OCH3 is 2. The van der Waals surface area contributed by atoms with E-state index in [0.29, 0.717) is 22.6 Å². The molecule has 0 spiro atoms. The fraction of sp³-hybridized carbons (Fsp3) is 0.364. The molecule has 0 bridgehead atoms. The molecule has 4 N–H and O–H groups in total. The Hall–Kier alpha value is -3.14. The minimum Gasteiger partial charge on any atom is -0.493 e. The zero-order chi connectivity index (χ0) is 22.4. The van der Waals surface area contributed by atoms with Gasteiger partial charge >= 0.3 is 0 Å². The molecule has 0 aliphatic carbocycles. The van der Waals surface area contributed by atoms with E-state index in [9.17, 15) is 19.8 Å². The molecule has 9 nitrogen and oxygen atoms in total. The Balaban J connectivity index is 1.54. The molecule has 0 radical (unpaired) electrons. The summed E-state index contributed by atoms with van der Waals surface area (Å²) in [5.74, 6) is 0.142. The molecule has 3 atom stereocenters. The first-order valence-electron chi connectivity index (χ1n) is 9.73. The van der Waals surface area contributed by atoms with Gasteiger partial charge in [-0.2, -0.15) is 0 Å². The lowest BCUT2D eigenvalue weighted by atomic mass is 9.96. The zero-order valence-electron chi connectivity index (χ0n) is 17.3. The summed E-state index contributed by atoms with van der Waals surface area (Å²) in [6.07, 6.45) is -2.13. The summed E-state index contributed by atoms with van der Waals surface area (Å²) in [5.41, 5.74) is -0.878. The summed E-state index contributed by atoms with van der Waals surface area (Å²) in [6.45, 7) is -0.397. The number of carbonyl (C=O) groups excluding carboxylic acids is 2. The molecule has 9 heteroatoms. The Morgan fingerprint density at radius 2 is 1.71 bits per heavy atom. The number of ether oxygens (including phenoxy) is 3. The molecule has 1 aliphatic heterocycles. The lowest BCUT2D eigenvalue weighted by Gasteiger charge is -2.26. The van der Waals surface area contributed by atoms with Crippen molar-refractivity contribution < 1.29 is 34.0 Å². The minimum atomic E-state index is -1.66. The molecule has 1 fully saturated rings. The Labute approximate surface area is 179 Å². The predicted octanol–water partition coefficient (Wildman–Crippen LogP) is 0.354. The molecule has 3 rings (SSSR count). The van der Waals surface area contributed by atoms with Crippen LogP contribution in [0.5, 0.6) is 11.5 Å². The molecule has 0 saturated carbocycles. The molecular formula is C22H26N2O7. The molecule has 1 aliphatic rings. The molecule has 2 aromatic rings. The van der Waals surface area contributed by atoms with E-state index < -0.39 is 23.7 Å². The van der Waals surface area contributed by atoms with Crippen LogP contribution in [0.15, 0.2) is 48.5 Å². The summed E-state index contributed by atoms with van der Waals surface area (Å²) in [7, 11) is 2.97. The molecule has 1 heterocycles. The van der Waals surface area contributed by atoms with Gasteiger partial charge in [0.2, 0.25) is 0 Å². The van der Waals surface area contributed by atoms with Crippen LogP contribution in [0.3, 0.4) is 0 Å². The zero-order valence-corrected chi connectivity index (χ0v) is 17.3. The molecule has 31 heavy (non-hydrogen) atoms. The van der Waals surface area contributed by atoms with Crippen molar-refractivity contribution in [3.63, 3.8) is 0 Å². The first-order chi connectivity index (χ1) is 14.9. The number of hydrogen-bond acceptors (Lipinski definition) is 7. The summed E-state index contributed by atoms with van der Waals surface area (Å²) in [4.78, 5) is 24.6. The highest BCUT2D eigenvalue weighted by molar-refractivity contribution is 5.95. The van der Waals surface area contributed by atoms with E-state index in [2.05, 4.69) is 10.6 Å². The van der Waals surface area contributed by atoms with Gasteiger partial charge in [0.1, 0.15) is 17.8 Å².